The first kappa shape index (κ1) is 15.1. The van der Waals surface area contributed by atoms with E-state index in [0.29, 0.717) is 16.8 Å². The van der Waals surface area contributed by atoms with Gasteiger partial charge in [0.25, 0.3) is 0 Å². The lowest BCUT2D eigenvalue weighted by Crippen LogP contribution is -2.06. The summed E-state index contributed by atoms with van der Waals surface area (Å²) < 4.78 is 13.7. The molecule has 0 saturated heterocycles. The highest BCUT2D eigenvalue weighted by molar-refractivity contribution is 9.10. The zero-order valence-corrected chi connectivity index (χ0v) is 13.2. The van der Waals surface area contributed by atoms with Crippen molar-refractivity contribution in [2.75, 3.05) is 6.54 Å². The van der Waals surface area contributed by atoms with Gasteiger partial charge in [0.1, 0.15) is 5.82 Å². The summed E-state index contributed by atoms with van der Waals surface area (Å²) in [7, 11) is 0. The monoisotopic (exact) mass is 337 g/mol. The van der Waals surface area contributed by atoms with Gasteiger partial charge in [-0.05, 0) is 72.9 Å². The molecule has 0 bridgehead atoms. The van der Waals surface area contributed by atoms with E-state index in [9.17, 15) is 4.39 Å². The molecule has 2 rings (SSSR count). The zero-order valence-electron chi connectivity index (χ0n) is 11.6. The van der Waals surface area contributed by atoms with E-state index < -0.39 is 0 Å². The van der Waals surface area contributed by atoms with E-state index in [-0.39, 0.29) is 5.82 Å². The van der Waals surface area contributed by atoms with Crippen LogP contribution in [0, 0.1) is 19.7 Å². The van der Waals surface area contributed by atoms with Gasteiger partial charge in [-0.15, -0.1) is 0 Å². The van der Waals surface area contributed by atoms with E-state index in [4.69, 9.17) is 5.73 Å². The molecule has 2 N–H and O–H groups in total. The van der Waals surface area contributed by atoms with Gasteiger partial charge in [-0.25, -0.2) is 14.4 Å². The van der Waals surface area contributed by atoms with Crippen LogP contribution in [-0.4, -0.2) is 16.5 Å². The number of hydrogen-bond donors (Lipinski definition) is 1. The minimum atomic E-state index is -0.290. The van der Waals surface area contributed by atoms with E-state index in [0.717, 1.165) is 35.4 Å². The minimum Gasteiger partial charge on any atom is -0.330 e. The number of nitrogens with zero attached hydrogens (tertiary/aromatic N) is 2. The molecule has 3 nitrogen and oxygen atoms in total. The molecule has 0 aliphatic rings. The molecule has 2 aromatic rings. The fraction of sp³-hybridized carbons (Fsp3) is 0.333. The van der Waals surface area contributed by atoms with Crippen molar-refractivity contribution in [1.82, 2.24) is 9.97 Å². The Kier molecular flexibility index (Phi) is 4.83. The maximum Gasteiger partial charge on any atom is 0.159 e. The molecule has 0 saturated carbocycles. The summed E-state index contributed by atoms with van der Waals surface area (Å²) in [6.07, 6.45) is 1.81. The molecule has 0 radical (unpaired) electrons. The first-order chi connectivity index (χ1) is 9.52. The summed E-state index contributed by atoms with van der Waals surface area (Å²) >= 11 is 3.18. The lowest BCUT2D eigenvalue weighted by molar-refractivity contribution is 0.621. The summed E-state index contributed by atoms with van der Waals surface area (Å²) in [5, 5.41) is 0. The average molecular weight is 338 g/mol. The summed E-state index contributed by atoms with van der Waals surface area (Å²) in [6, 6.07) is 4.80. The van der Waals surface area contributed by atoms with E-state index in [2.05, 4.69) is 25.9 Å². The maximum atomic E-state index is 13.3. The van der Waals surface area contributed by atoms with Crippen LogP contribution in [0.5, 0.6) is 0 Å². The van der Waals surface area contributed by atoms with Crippen molar-refractivity contribution in [3.8, 4) is 11.4 Å². The second kappa shape index (κ2) is 6.41. The number of aromatic nitrogens is 2. The van der Waals surface area contributed by atoms with Crippen molar-refractivity contribution in [2.45, 2.75) is 26.7 Å². The molecule has 20 heavy (non-hydrogen) atoms. The van der Waals surface area contributed by atoms with Crippen molar-refractivity contribution in [1.29, 1.82) is 0 Å². The van der Waals surface area contributed by atoms with Crippen molar-refractivity contribution in [2.24, 2.45) is 5.73 Å². The van der Waals surface area contributed by atoms with E-state index in [1.165, 1.54) is 6.07 Å². The molecule has 0 amide bonds. The molecule has 0 aliphatic carbocycles. The van der Waals surface area contributed by atoms with Gasteiger partial charge in [0.2, 0.25) is 0 Å². The van der Waals surface area contributed by atoms with Crippen LogP contribution >= 0.6 is 15.9 Å². The van der Waals surface area contributed by atoms with Crippen LogP contribution in [0.4, 0.5) is 4.39 Å². The average Bonchev–Trinajstić information content (AvgIpc) is 2.41. The van der Waals surface area contributed by atoms with Crippen molar-refractivity contribution in [3.63, 3.8) is 0 Å². The van der Waals surface area contributed by atoms with Gasteiger partial charge in [-0.3, -0.25) is 0 Å². The highest BCUT2D eigenvalue weighted by Crippen LogP contribution is 2.24. The smallest absolute Gasteiger partial charge is 0.159 e. The summed E-state index contributed by atoms with van der Waals surface area (Å²) in [4.78, 5) is 9.07. The third-order valence-corrected chi connectivity index (χ3v) is 3.84. The summed E-state index contributed by atoms with van der Waals surface area (Å²) in [5.74, 6) is 0.332. The maximum absolute atomic E-state index is 13.3. The van der Waals surface area contributed by atoms with Crippen LogP contribution in [0.1, 0.15) is 23.4 Å². The number of rotatable bonds is 4. The molecular weight excluding hydrogens is 321 g/mol. The summed E-state index contributed by atoms with van der Waals surface area (Å²) in [5.41, 5.74) is 9.42. The fourth-order valence-electron chi connectivity index (χ4n) is 2.14. The third-order valence-electron chi connectivity index (χ3n) is 3.23. The topological polar surface area (TPSA) is 51.8 Å². The number of benzene rings is 1. The Bertz CT molecular complexity index is 606. The van der Waals surface area contributed by atoms with Crippen LogP contribution in [0.3, 0.4) is 0 Å². The van der Waals surface area contributed by atoms with Gasteiger partial charge in [0, 0.05) is 17.0 Å². The fourth-order valence-corrected chi connectivity index (χ4v) is 2.52. The molecule has 0 aliphatic heterocycles. The number of hydrogen-bond acceptors (Lipinski definition) is 3. The SMILES string of the molecule is Cc1nc(-c2ccc(F)c(Br)c2)nc(C)c1CCCN. The van der Waals surface area contributed by atoms with E-state index in [1.807, 2.05) is 13.8 Å². The quantitative estimate of drug-likeness (QED) is 0.928. The first-order valence-electron chi connectivity index (χ1n) is 6.52. The highest BCUT2D eigenvalue weighted by Gasteiger charge is 2.11. The standard InChI is InChI=1S/C15H17BrFN3/c1-9-12(4-3-7-18)10(2)20-15(19-9)11-5-6-14(17)13(16)8-11/h5-6,8H,3-4,7,18H2,1-2H3. The first-order valence-corrected chi connectivity index (χ1v) is 7.32. The van der Waals surface area contributed by atoms with Gasteiger partial charge in [-0.1, -0.05) is 0 Å². The molecule has 5 heteroatoms. The minimum absolute atomic E-state index is 0.290. The number of aryl methyl sites for hydroxylation is 2. The summed E-state index contributed by atoms with van der Waals surface area (Å²) in [6.45, 7) is 4.61. The molecule has 1 heterocycles. The highest BCUT2D eigenvalue weighted by atomic mass is 79.9. The van der Waals surface area contributed by atoms with Crippen molar-refractivity contribution < 1.29 is 4.39 Å². The molecule has 0 spiro atoms. The normalized spacial score (nSPS) is 10.8. The van der Waals surface area contributed by atoms with Gasteiger partial charge >= 0.3 is 0 Å². The van der Waals surface area contributed by atoms with E-state index in [1.54, 1.807) is 12.1 Å². The van der Waals surface area contributed by atoms with Crippen LogP contribution in [-0.2, 0) is 6.42 Å². The predicted octanol–water partition coefficient (Wildman–Crippen LogP) is 3.55. The second-order valence-corrected chi connectivity index (χ2v) is 5.57. The van der Waals surface area contributed by atoms with Crippen LogP contribution in [0.25, 0.3) is 11.4 Å². The van der Waals surface area contributed by atoms with Gasteiger partial charge < -0.3 is 5.73 Å². The predicted molar refractivity (Wildman–Crippen MR) is 82.0 cm³/mol. The Morgan fingerprint density at radius 3 is 2.40 bits per heavy atom. The van der Waals surface area contributed by atoms with E-state index >= 15 is 0 Å². The van der Waals surface area contributed by atoms with Crippen LogP contribution in [0.2, 0.25) is 0 Å². The molecule has 0 unspecified atom stereocenters. The second-order valence-electron chi connectivity index (χ2n) is 4.72. The zero-order chi connectivity index (χ0) is 14.7. The molecule has 106 valence electrons. The lowest BCUT2D eigenvalue weighted by atomic mass is 10.1. The number of halogens is 2. The molecule has 1 aromatic carbocycles. The Morgan fingerprint density at radius 1 is 1.20 bits per heavy atom. The van der Waals surface area contributed by atoms with Gasteiger partial charge in [0.05, 0.1) is 4.47 Å². The Hall–Kier alpha value is -1.33. The molecule has 0 fully saturated rings. The molecule has 0 atom stereocenters. The Balaban J connectivity index is 2.41. The van der Waals surface area contributed by atoms with Gasteiger partial charge in [0.15, 0.2) is 5.82 Å². The largest absolute Gasteiger partial charge is 0.330 e. The third kappa shape index (κ3) is 3.22. The van der Waals surface area contributed by atoms with Crippen molar-refractivity contribution >= 4 is 15.9 Å². The molecular formula is C15H17BrFN3. The Labute approximate surface area is 126 Å². The van der Waals surface area contributed by atoms with Gasteiger partial charge in [-0.2, -0.15) is 0 Å². The van der Waals surface area contributed by atoms with Crippen LogP contribution < -0.4 is 5.73 Å². The molecule has 1 aromatic heterocycles. The van der Waals surface area contributed by atoms with Crippen LogP contribution in [0.15, 0.2) is 22.7 Å². The number of nitrogens with two attached hydrogens (primary N) is 1. The lowest BCUT2D eigenvalue weighted by Gasteiger charge is -2.11. The van der Waals surface area contributed by atoms with Crippen molar-refractivity contribution in [3.05, 3.63) is 45.4 Å². The Morgan fingerprint density at radius 2 is 1.85 bits per heavy atom.